The van der Waals surface area contributed by atoms with Crippen LogP contribution < -0.4 is 10.5 Å². The van der Waals surface area contributed by atoms with E-state index in [2.05, 4.69) is 25.9 Å². The Balaban J connectivity index is 1.54. The van der Waals surface area contributed by atoms with E-state index in [1.54, 1.807) is 12.1 Å². The standard InChI is InChI=1S/C17H14N6O3/c24-15(19-18-10-12-6-8-14(9-7-12)17(25)26)11-23-21-16(20-22-23)13-4-2-1-3-5-13/h1-10H,11H2,(H,19,24)(H,25,26)/p-1/b18-10-. The van der Waals surface area contributed by atoms with Crippen LogP contribution >= 0.6 is 0 Å². The molecule has 0 aliphatic carbocycles. The minimum absolute atomic E-state index is 0.0673. The number of aromatic carboxylic acids is 1. The lowest BCUT2D eigenvalue weighted by Gasteiger charge is -2.01. The van der Waals surface area contributed by atoms with E-state index in [4.69, 9.17) is 0 Å². The molecule has 0 aliphatic rings. The molecule has 1 aromatic heterocycles. The summed E-state index contributed by atoms with van der Waals surface area (Å²) in [6.45, 7) is -0.138. The second-order valence-electron chi connectivity index (χ2n) is 5.21. The molecule has 1 heterocycles. The molecule has 0 radical (unpaired) electrons. The van der Waals surface area contributed by atoms with Gasteiger partial charge in [-0.1, -0.05) is 54.6 Å². The number of rotatable bonds is 6. The van der Waals surface area contributed by atoms with Gasteiger partial charge in [0.2, 0.25) is 5.82 Å². The van der Waals surface area contributed by atoms with Crippen molar-refractivity contribution in [3.8, 4) is 11.4 Å². The fourth-order valence-corrected chi connectivity index (χ4v) is 2.06. The maximum absolute atomic E-state index is 11.9. The normalized spacial score (nSPS) is 10.8. The van der Waals surface area contributed by atoms with Crippen LogP contribution in [0.15, 0.2) is 59.7 Å². The molecule has 3 aromatic rings. The zero-order valence-electron chi connectivity index (χ0n) is 13.4. The van der Waals surface area contributed by atoms with Gasteiger partial charge in [0.05, 0.1) is 12.2 Å². The first-order chi connectivity index (χ1) is 12.6. The van der Waals surface area contributed by atoms with Gasteiger partial charge >= 0.3 is 0 Å². The van der Waals surface area contributed by atoms with Gasteiger partial charge in [-0.15, -0.1) is 10.2 Å². The van der Waals surface area contributed by atoms with E-state index in [9.17, 15) is 14.7 Å². The zero-order valence-corrected chi connectivity index (χ0v) is 13.4. The summed E-state index contributed by atoms with van der Waals surface area (Å²) in [7, 11) is 0. The maximum atomic E-state index is 11.9. The molecule has 9 heteroatoms. The summed E-state index contributed by atoms with van der Waals surface area (Å²) >= 11 is 0. The molecule has 0 spiro atoms. The zero-order chi connectivity index (χ0) is 18.4. The SMILES string of the molecule is O=C(Cn1nnc(-c2ccccc2)n1)N/N=C\c1ccc(C(=O)[O-])cc1. The fraction of sp³-hybridized carbons (Fsp3) is 0.0588. The highest BCUT2D eigenvalue weighted by molar-refractivity contribution is 5.88. The van der Waals surface area contributed by atoms with Crippen LogP contribution in [-0.4, -0.2) is 38.3 Å². The molecule has 0 saturated heterocycles. The second-order valence-corrected chi connectivity index (χ2v) is 5.21. The molecular weight excluding hydrogens is 336 g/mol. The molecule has 1 N–H and O–H groups in total. The Labute approximate surface area is 148 Å². The molecule has 2 aromatic carbocycles. The number of carboxylic acid groups (broad SMARTS) is 1. The Hall–Kier alpha value is -3.88. The average Bonchev–Trinajstić information content (AvgIpc) is 3.11. The summed E-state index contributed by atoms with van der Waals surface area (Å²) in [5.41, 5.74) is 3.83. The number of amides is 1. The summed E-state index contributed by atoms with van der Waals surface area (Å²) in [5, 5.41) is 26.3. The van der Waals surface area contributed by atoms with Crippen molar-refractivity contribution in [1.29, 1.82) is 0 Å². The van der Waals surface area contributed by atoms with E-state index in [0.717, 1.165) is 5.56 Å². The number of carbonyl (C=O) groups is 2. The predicted octanol–water partition coefficient (Wildman–Crippen LogP) is -0.146. The van der Waals surface area contributed by atoms with Crippen LogP contribution in [0.1, 0.15) is 15.9 Å². The van der Waals surface area contributed by atoms with Crippen molar-refractivity contribution in [3.05, 3.63) is 65.7 Å². The Bertz CT molecular complexity index is 935. The molecule has 0 atom stereocenters. The third-order valence-corrected chi connectivity index (χ3v) is 3.32. The van der Waals surface area contributed by atoms with Gasteiger partial charge in [0.15, 0.2) is 0 Å². The number of aromatic nitrogens is 4. The highest BCUT2D eigenvalue weighted by atomic mass is 16.4. The van der Waals surface area contributed by atoms with Crippen molar-refractivity contribution in [1.82, 2.24) is 25.6 Å². The van der Waals surface area contributed by atoms with Gasteiger partial charge in [0.1, 0.15) is 6.54 Å². The van der Waals surface area contributed by atoms with Gasteiger partial charge in [0.25, 0.3) is 5.91 Å². The number of tetrazole rings is 1. The molecule has 0 saturated carbocycles. The molecular formula is C17H13N6O3-. The summed E-state index contributed by atoms with van der Waals surface area (Å²) in [4.78, 5) is 23.7. The predicted molar refractivity (Wildman–Crippen MR) is 89.8 cm³/mol. The third-order valence-electron chi connectivity index (χ3n) is 3.32. The Kier molecular flexibility index (Phi) is 5.08. The van der Waals surface area contributed by atoms with Crippen LogP contribution in [0.2, 0.25) is 0 Å². The van der Waals surface area contributed by atoms with Crippen LogP contribution in [0.4, 0.5) is 0 Å². The summed E-state index contributed by atoms with van der Waals surface area (Å²) in [6, 6.07) is 15.2. The second kappa shape index (κ2) is 7.79. The van der Waals surface area contributed by atoms with Gasteiger partial charge in [-0.3, -0.25) is 4.79 Å². The lowest BCUT2D eigenvalue weighted by molar-refractivity contribution is -0.255. The van der Waals surface area contributed by atoms with Crippen molar-refractivity contribution < 1.29 is 14.7 Å². The van der Waals surface area contributed by atoms with E-state index in [1.807, 2.05) is 30.3 Å². The molecule has 0 aliphatic heterocycles. The van der Waals surface area contributed by atoms with E-state index in [1.165, 1.54) is 23.1 Å². The van der Waals surface area contributed by atoms with Crippen LogP contribution in [-0.2, 0) is 11.3 Å². The first-order valence-corrected chi connectivity index (χ1v) is 7.58. The smallest absolute Gasteiger partial charge is 0.263 e. The van der Waals surface area contributed by atoms with E-state index in [-0.39, 0.29) is 12.1 Å². The number of hydrogen-bond donors (Lipinski definition) is 1. The monoisotopic (exact) mass is 349 g/mol. The van der Waals surface area contributed by atoms with Crippen molar-refractivity contribution in [2.45, 2.75) is 6.54 Å². The van der Waals surface area contributed by atoms with Gasteiger partial charge in [-0.05, 0) is 16.3 Å². The topological polar surface area (TPSA) is 125 Å². The quantitative estimate of drug-likeness (QED) is 0.487. The number of nitrogens with zero attached hydrogens (tertiary/aromatic N) is 5. The number of hydrazone groups is 1. The summed E-state index contributed by atoms with van der Waals surface area (Å²) in [6.07, 6.45) is 1.39. The lowest BCUT2D eigenvalue weighted by atomic mass is 10.1. The third kappa shape index (κ3) is 4.35. The van der Waals surface area contributed by atoms with Gasteiger partial charge in [0, 0.05) is 5.56 Å². The minimum atomic E-state index is -1.25. The van der Waals surface area contributed by atoms with Crippen molar-refractivity contribution in [3.63, 3.8) is 0 Å². The summed E-state index contributed by atoms with van der Waals surface area (Å²) < 4.78 is 0. The molecule has 0 fully saturated rings. The van der Waals surface area contributed by atoms with E-state index in [0.29, 0.717) is 11.4 Å². The van der Waals surface area contributed by atoms with Crippen LogP contribution in [0.3, 0.4) is 0 Å². The van der Waals surface area contributed by atoms with Crippen LogP contribution in [0, 0.1) is 0 Å². The molecule has 26 heavy (non-hydrogen) atoms. The highest BCUT2D eigenvalue weighted by Crippen LogP contribution is 2.11. The molecule has 9 nitrogen and oxygen atoms in total. The number of benzene rings is 2. The van der Waals surface area contributed by atoms with Gasteiger partial charge in [-0.25, -0.2) is 5.43 Å². The average molecular weight is 349 g/mol. The molecule has 130 valence electrons. The first-order valence-electron chi connectivity index (χ1n) is 7.58. The molecule has 0 unspecified atom stereocenters. The van der Waals surface area contributed by atoms with E-state index < -0.39 is 11.9 Å². The minimum Gasteiger partial charge on any atom is -0.545 e. The van der Waals surface area contributed by atoms with Gasteiger partial charge < -0.3 is 9.90 Å². The first kappa shape index (κ1) is 17.0. The van der Waals surface area contributed by atoms with Crippen LogP contribution in [0.5, 0.6) is 0 Å². The van der Waals surface area contributed by atoms with Crippen molar-refractivity contribution in [2.75, 3.05) is 0 Å². The Morgan fingerprint density at radius 1 is 1.12 bits per heavy atom. The molecule has 3 rings (SSSR count). The summed E-state index contributed by atoms with van der Waals surface area (Å²) in [5.74, 6) is -1.25. The van der Waals surface area contributed by atoms with Crippen molar-refractivity contribution >= 4 is 18.1 Å². The number of hydrogen-bond acceptors (Lipinski definition) is 7. The number of nitrogens with one attached hydrogen (secondary N) is 1. The van der Waals surface area contributed by atoms with Crippen molar-refractivity contribution in [2.24, 2.45) is 5.10 Å². The molecule has 0 bridgehead atoms. The number of carbonyl (C=O) groups excluding carboxylic acids is 2. The Morgan fingerprint density at radius 2 is 1.85 bits per heavy atom. The maximum Gasteiger partial charge on any atom is 0.263 e. The fourth-order valence-electron chi connectivity index (χ4n) is 2.06. The largest absolute Gasteiger partial charge is 0.545 e. The Morgan fingerprint density at radius 3 is 2.54 bits per heavy atom. The number of carboxylic acids is 1. The lowest BCUT2D eigenvalue weighted by Crippen LogP contribution is -2.24. The molecule has 1 amide bonds. The van der Waals surface area contributed by atoms with Gasteiger partial charge in [-0.2, -0.15) is 9.90 Å². The highest BCUT2D eigenvalue weighted by Gasteiger charge is 2.08. The van der Waals surface area contributed by atoms with Crippen LogP contribution in [0.25, 0.3) is 11.4 Å². The van der Waals surface area contributed by atoms with E-state index >= 15 is 0 Å².